The molecule has 0 saturated carbocycles. The summed E-state index contributed by atoms with van der Waals surface area (Å²) in [6, 6.07) is 7.41. The van der Waals surface area contributed by atoms with E-state index >= 15 is 0 Å². The Morgan fingerprint density at radius 1 is 1.21 bits per heavy atom. The van der Waals surface area contributed by atoms with Crippen molar-refractivity contribution in [1.29, 1.82) is 0 Å². The summed E-state index contributed by atoms with van der Waals surface area (Å²) >= 11 is 0. The number of benzene rings is 1. The average Bonchev–Trinajstić information content (AvgIpc) is 2.71. The zero-order valence-electron chi connectivity index (χ0n) is 18.2. The molecule has 1 atom stereocenters. The van der Waals surface area contributed by atoms with Crippen molar-refractivity contribution in [2.24, 2.45) is 10.9 Å². The summed E-state index contributed by atoms with van der Waals surface area (Å²) in [5, 5.41) is 6.64. The summed E-state index contributed by atoms with van der Waals surface area (Å²) in [5.74, 6) is 1.14. The first-order chi connectivity index (χ1) is 13.8. The Hall–Kier alpha value is -1.68. The molecule has 0 spiro atoms. The smallest absolute Gasteiger partial charge is 0.242 e. The summed E-state index contributed by atoms with van der Waals surface area (Å²) < 4.78 is 31.8. The molecule has 1 aliphatic rings. The SMILES string of the molecule is CN=C(NCc1ccccc1S(=O)(=O)N(C)C)NCC(C(C)C)N1CCOCC1. The molecule has 164 valence electrons. The molecule has 1 unspecified atom stereocenters. The van der Waals surface area contributed by atoms with Crippen LogP contribution in [-0.4, -0.2) is 83.6 Å². The molecule has 2 rings (SSSR count). The molecule has 2 N–H and O–H groups in total. The van der Waals surface area contributed by atoms with Crippen LogP contribution in [0.25, 0.3) is 0 Å². The quantitative estimate of drug-likeness (QED) is 0.477. The van der Waals surface area contributed by atoms with Crippen molar-refractivity contribution < 1.29 is 13.2 Å². The number of hydrogen-bond acceptors (Lipinski definition) is 5. The van der Waals surface area contributed by atoms with Gasteiger partial charge in [0.15, 0.2) is 5.96 Å². The van der Waals surface area contributed by atoms with E-state index in [-0.39, 0.29) is 0 Å². The fraction of sp³-hybridized carbons (Fsp3) is 0.650. The molecule has 0 aromatic heterocycles. The molecule has 0 amide bonds. The maximum Gasteiger partial charge on any atom is 0.242 e. The Balaban J connectivity index is 2.01. The van der Waals surface area contributed by atoms with E-state index in [9.17, 15) is 8.42 Å². The van der Waals surface area contributed by atoms with Crippen LogP contribution >= 0.6 is 0 Å². The van der Waals surface area contributed by atoms with Gasteiger partial charge in [-0.15, -0.1) is 0 Å². The van der Waals surface area contributed by atoms with E-state index in [1.165, 1.54) is 18.4 Å². The molecule has 1 aliphatic heterocycles. The maximum absolute atomic E-state index is 12.6. The highest BCUT2D eigenvalue weighted by Gasteiger charge is 2.24. The lowest BCUT2D eigenvalue weighted by molar-refractivity contribution is 0.00752. The first-order valence-electron chi connectivity index (χ1n) is 10.0. The highest BCUT2D eigenvalue weighted by Crippen LogP contribution is 2.18. The van der Waals surface area contributed by atoms with Crippen LogP contribution in [0.3, 0.4) is 0 Å². The molecule has 1 aromatic carbocycles. The first kappa shape index (κ1) is 23.6. The van der Waals surface area contributed by atoms with Gasteiger partial charge in [0, 0.05) is 53.4 Å². The van der Waals surface area contributed by atoms with Gasteiger partial charge in [-0.3, -0.25) is 9.89 Å². The molecular weight excluding hydrogens is 390 g/mol. The van der Waals surface area contributed by atoms with Crippen molar-refractivity contribution >= 4 is 16.0 Å². The van der Waals surface area contributed by atoms with Gasteiger partial charge >= 0.3 is 0 Å². The highest BCUT2D eigenvalue weighted by atomic mass is 32.2. The Morgan fingerprint density at radius 3 is 2.45 bits per heavy atom. The topological polar surface area (TPSA) is 86.3 Å². The van der Waals surface area contributed by atoms with Gasteiger partial charge in [0.1, 0.15) is 0 Å². The summed E-state index contributed by atoms with van der Waals surface area (Å²) in [5.41, 5.74) is 0.706. The fourth-order valence-electron chi connectivity index (χ4n) is 3.39. The van der Waals surface area contributed by atoms with E-state index in [1.807, 2.05) is 12.1 Å². The third-order valence-electron chi connectivity index (χ3n) is 5.16. The number of hydrogen-bond donors (Lipinski definition) is 2. The lowest BCUT2D eigenvalue weighted by Gasteiger charge is -2.37. The fourth-order valence-corrected chi connectivity index (χ4v) is 4.51. The van der Waals surface area contributed by atoms with E-state index in [0.717, 1.165) is 32.8 Å². The Bertz CT molecular complexity index is 774. The predicted octanol–water partition coefficient (Wildman–Crippen LogP) is 0.959. The number of nitrogens with zero attached hydrogens (tertiary/aromatic N) is 3. The molecule has 0 bridgehead atoms. The monoisotopic (exact) mass is 425 g/mol. The largest absolute Gasteiger partial charge is 0.379 e. The number of ether oxygens (including phenoxy) is 1. The van der Waals surface area contributed by atoms with Crippen LogP contribution in [0.2, 0.25) is 0 Å². The van der Waals surface area contributed by atoms with Gasteiger partial charge in [-0.1, -0.05) is 32.0 Å². The van der Waals surface area contributed by atoms with Gasteiger partial charge in [-0.25, -0.2) is 12.7 Å². The van der Waals surface area contributed by atoms with Crippen molar-refractivity contribution in [3.05, 3.63) is 29.8 Å². The van der Waals surface area contributed by atoms with Crippen LogP contribution in [0.15, 0.2) is 34.2 Å². The molecule has 8 nitrogen and oxygen atoms in total. The number of aliphatic imine (C=N–C) groups is 1. The summed E-state index contributed by atoms with van der Waals surface area (Å²) in [4.78, 5) is 7.06. The summed E-state index contributed by atoms with van der Waals surface area (Å²) in [6.07, 6.45) is 0. The van der Waals surface area contributed by atoms with Crippen molar-refractivity contribution in [2.75, 3.05) is 54.0 Å². The summed E-state index contributed by atoms with van der Waals surface area (Å²) in [7, 11) is 1.30. The Kier molecular flexibility index (Phi) is 8.88. The minimum absolute atomic E-state index is 0.307. The van der Waals surface area contributed by atoms with Crippen LogP contribution in [0, 0.1) is 5.92 Å². The molecule has 1 fully saturated rings. The standard InChI is InChI=1S/C20H35N5O3S/c1-16(2)18(25-10-12-28-13-11-25)15-23-20(21-3)22-14-17-8-6-7-9-19(17)29(26,27)24(4)5/h6-9,16,18H,10-15H2,1-5H3,(H2,21,22,23). The number of guanidine groups is 1. The second-order valence-electron chi connectivity index (χ2n) is 7.66. The molecule has 9 heteroatoms. The van der Waals surface area contributed by atoms with Crippen LogP contribution in [0.5, 0.6) is 0 Å². The molecule has 1 saturated heterocycles. The molecule has 1 heterocycles. The van der Waals surface area contributed by atoms with E-state index in [1.54, 1.807) is 19.2 Å². The van der Waals surface area contributed by atoms with Gasteiger partial charge in [0.25, 0.3) is 0 Å². The normalized spacial score (nSPS) is 17.6. The van der Waals surface area contributed by atoms with Crippen LogP contribution in [0.4, 0.5) is 0 Å². The van der Waals surface area contributed by atoms with Gasteiger partial charge in [-0.05, 0) is 17.5 Å². The molecule has 1 aromatic rings. The second kappa shape index (κ2) is 10.9. The number of morpholine rings is 1. The first-order valence-corrected chi connectivity index (χ1v) is 11.5. The van der Waals surface area contributed by atoms with Crippen molar-refractivity contribution in [3.8, 4) is 0 Å². The van der Waals surface area contributed by atoms with Crippen molar-refractivity contribution in [1.82, 2.24) is 19.8 Å². The highest BCUT2D eigenvalue weighted by molar-refractivity contribution is 7.89. The van der Waals surface area contributed by atoms with E-state index in [2.05, 4.69) is 34.4 Å². The predicted molar refractivity (Wildman–Crippen MR) is 117 cm³/mol. The molecular formula is C20H35N5O3S. The number of rotatable bonds is 8. The number of sulfonamides is 1. The Morgan fingerprint density at radius 2 is 1.86 bits per heavy atom. The van der Waals surface area contributed by atoms with Gasteiger partial charge in [-0.2, -0.15) is 0 Å². The zero-order valence-corrected chi connectivity index (χ0v) is 19.0. The molecule has 29 heavy (non-hydrogen) atoms. The van der Waals surface area contributed by atoms with Crippen LogP contribution in [0.1, 0.15) is 19.4 Å². The Labute approximate surface area is 175 Å². The lowest BCUT2D eigenvalue weighted by atomic mass is 10.0. The van der Waals surface area contributed by atoms with Crippen molar-refractivity contribution in [3.63, 3.8) is 0 Å². The lowest BCUT2D eigenvalue weighted by Crippen LogP contribution is -2.52. The van der Waals surface area contributed by atoms with Gasteiger partial charge in [0.2, 0.25) is 10.0 Å². The maximum atomic E-state index is 12.6. The van der Waals surface area contributed by atoms with Crippen molar-refractivity contribution in [2.45, 2.75) is 31.3 Å². The number of nitrogens with one attached hydrogen (secondary N) is 2. The third-order valence-corrected chi connectivity index (χ3v) is 7.08. The summed E-state index contributed by atoms with van der Waals surface area (Å²) in [6.45, 7) is 8.99. The molecule has 0 aliphatic carbocycles. The van der Waals surface area contributed by atoms with Gasteiger partial charge in [0.05, 0.1) is 18.1 Å². The minimum atomic E-state index is -3.50. The molecule has 0 radical (unpaired) electrons. The minimum Gasteiger partial charge on any atom is -0.379 e. The third kappa shape index (κ3) is 6.40. The van der Waals surface area contributed by atoms with Crippen LogP contribution < -0.4 is 10.6 Å². The second-order valence-corrected chi connectivity index (χ2v) is 9.78. The van der Waals surface area contributed by atoms with Gasteiger partial charge < -0.3 is 15.4 Å². The average molecular weight is 426 g/mol. The van der Waals surface area contributed by atoms with E-state index in [0.29, 0.717) is 34.9 Å². The van der Waals surface area contributed by atoms with E-state index < -0.39 is 10.0 Å². The zero-order chi connectivity index (χ0) is 21.4. The van der Waals surface area contributed by atoms with Crippen LogP contribution in [-0.2, 0) is 21.3 Å². The van der Waals surface area contributed by atoms with E-state index in [4.69, 9.17) is 4.74 Å².